The molecule has 0 aliphatic heterocycles. The van der Waals surface area contributed by atoms with E-state index in [2.05, 4.69) is 5.32 Å². The third-order valence-electron chi connectivity index (χ3n) is 4.93. The summed E-state index contributed by atoms with van der Waals surface area (Å²) in [4.78, 5) is 27.4. The van der Waals surface area contributed by atoms with Crippen molar-refractivity contribution in [1.29, 1.82) is 0 Å². The standard InChI is InChI=1S/C23H31FN4O4S/c1-17(2)25-23(30)18(3)27(15-19-11-7-6-8-12-19)22(29)16-28(33(31,32)26(4)5)21-14-10-9-13-20(21)24/h6-14,17-18H,15-16H2,1-5H3,(H,25,30)/t18-/m1/s1. The molecule has 1 N–H and O–H groups in total. The second-order valence-corrected chi connectivity index (χ2v) is 10.2. The second-order valence-electron chi connectivity index (χ2n) is 8.09. The van der Waals surface area contributed by atoms with Crippen molar-refractivity contribution < 1.29 is 22.4 Å². The average Bonchev–Trinajstić information content (AvgIpc) is 2.75. The van der Waals surface area contributed by atoms with E-state index in [9.17, 15) is 22.4 Å². The monoisotopic (exact) mass is 478 g/mol. The summed E-state index contributed by atoms with van der Waals surface area (Å²) >= 11 is 0. The third-order valence-corrected chi connectivity index (χ3v) is 6.74. The number of hydrogen-bond donors (Lipinski definition) is 1. The summed E-state index contributed by atoms with van der Waals surface area (Å²) in [6.07, 6.45) is 0. The van der Waals surface area contributed by atoms with Crippen molar-refractivity contribution in [1.82, 2.24) is 14.5 Å². The van der Waals surface area contributed by atoms with Crippen molar-refractivity contribution in [3.05, 3.63) is 66.0 Å². The van der Waals surface area contributed by atoms with Crippen LogP contribution < -0.4 is 9.62 Å². The Morgan fingerprint density at radius 3 is 2.09 bits per heavy atom. The summed E-state index contributed by atoms with van der Waals surface area (Å²) in [5.41, 5.74) is 0.515. The Bertz CT molecular complexity index is 1060. The smallest absolute Gasteiger partial charge is 0.304 e. The predicted octanol–water partition coefficient (Wildman–Crippen LogP) is 2.38. The Hall–Kier alpha value is -2.98. The molecule has 0 unspecified atom stereocenters. The van der Waals surface area contributed by atoms with Gasteiger partial charge in [-0.1, -0.05) is 42.5 Å². The quantitative estimate of drug-likeness (QED) is 0.568. The maximum Gasteiger partial charge on any atom is 0.304 e. The molecule has 0 radical (unpaired) electrons. The molecule has 0 aliphatic rings. The van der Waals surface area contributed by atoms with E-state index in [4.69, 9.17) is 0 Å². The molecule has 0 aromatic heterocycles. The molecule has 180 valence electrons. The van der Waals surface area contributed by atoms with E-state index in [0.29, 0.717) is 0 Å². The van der Waals surface area contributed by atoms with Crippen LogP contribution in [0.15, 0.2) is 54.6 Å². The maximum atomic E-state index is 14.5. The van der Waals surface area contributed by atoms with Crippen LogP contribution in [0.3, 0.4) is 0 Å². The van der Waals surface area contributed by atoms with Crippen molar-refractivity contribution in [3.8, 4) is 0 Å². The van der Waals surface area contributed by atoms with E-state index in [1.54, 1.807) is 45.0 Å². The van der Waals surface area contributed by atoms with Gasteiger partial charge in [0, 0.05) is 26.7 Å². The van der Waals surface area contributed by atoms with Gasteiger partial charge in [-0.3, -0.25) is 9.59 Å². The van der Waals surface area contributed by atoms with Gasteiger partial charge in [-0.2, -0.15) is 12.7 Å². The van der Waals surface area contributed by atoms with E-state index in [1.165, 1.54) is 37.2 Å². The van der Waals surface area contributed by atoms with Gasteiger partial charge in [0.2, 0.25) is 11.8 Å². The van der Waals surface area contributed by atoms with Crippen molar-refractivity contribution in [2.45, 2.75) is 39.4 Å². The maximum absolute atomic E-state index is 14.5. The van der Waals surface area contributed by atoms with Gasteiger partial charge in [0.1, 0.15) is 18.4 Å². The fourth-order valence-corrected chi connectivity index (χ4v) is 4.19. The van der Waals surface area contributed by atoms with Crippen LogP contribution in [-0.2, 0) is 26.3 Å². The molecule has 0 saturated carbocycles. The van der Waals surface area contributed by atoms with Crippen molar-refractivity contribution in [2.75, 3.05) is 24.9 Å². The number of para-hydroxylation sites is 1. The van der Waals surface area contributed by atoms with Crippen LogP contribution >= 0.6 is 0 Å². The molecule has 2 aromatic carbocycles. The Morgan fingerprint density at radius 1 is 0.970 bits per heavy atom. The van der Waals surface area contributed by atoms with Crippen LogP contribution in [0.1, 0.15) is 26.3 Å². The number of hydrogen-bond acceptors (Lipinski definition) is 4. The summed E-state index contributed by atoms with van der Waals surface area (Å²) in [6.45, 7) is 4.59. The van der Waals surface area contributed by atoms with Crippen molar-refractivity contribution in [3.63, 3.8) is 0 Å². The first-order valence-electron chi connectivity index (χ1n) is 10.5. The van der Waals surface area contributed by atoms with Gasteiger partial charge in [0.25, 0.3) is 0 Å². The van der Waals surface area contributed by atoms with E-state index in [1.807, 2.05) is 6.07 Å². The third kappa shape index (κ3) is 6.75. The lowest BCUT2D eigenvalue weighted by Crippen LogP contribution is -2.53. The Labute approximate surface area is 195 Å². The molecule has 0 bridgehead atoms. The summed E-state index contributed by atoms with van der Waals surface area (Å²) in [5.74, 6) is -1.79. The number of halogens is 1. The number of nitrogens with one attached hydrogen (secondary N) is 1. The van der Waals surface area contributed by atoms with E-state index < -0.39 is 34.5 Å². The minimum absolute atomic E-state index is 0.0828. The molecule has 2 amide bonds. The van der Waals surface area contributed by atoms with Crippen LogP contribution in [0.4, 0.5) is 10.1 Å². The molecule has 8 nitrogen and oxygen atoms in total. The molecule has 2 rings (SSSR count). The zero-order valence-electron chi connectivity index (χ0n) is 19.5. The second kappa shape index (κ2) is 11.2. The summed E-state index contributed by atoms with van der Waals surface area (Å²) < 4.78 is 42.1. The van der Waals surface area contributed by atoms with Gasteiger partial charge < -0.3 is 10.2 Å². The number of rotatable bonds is 10. The van der Waals surface area contributed by atoms with Gasteiger partial charge in [0.05, 0.1) is 5.69 Å². The van der Waals surface area contributed by atoms with E-state index in [-0.39, 0.29) is 24.2 Å². The molecule has 0 saturated heterocycles. The molecule has 0 fully saturated rings. The minimum atomic E-state index is -4.20. The first-order valence-corrected chi connectivity index (χ1v) is 11.9. The fraction of sp³-hybridized carbons (Fsp3) is 0.391. The van der Waals surface area contributed by atoms with Gasteiger partial charge in [-0.05, 0) is 38.5 Å². The molecule has 0 aliphatic carbocycles. The highest BCUT2D eigenvalue weighted by Crippen LogP contribution is 2.23. The van der Waals surface area contributed by atoms with Gasteiger partial charge in [-0.15, -0.1) is 0 Å². The largest absolute Gasteiger partial charge is 0.352 e. The zero-order chi connectivity index (χ0) is 24.8. The SMILES string of the molecule is CC(C)NC(=O)[C@@H](C)N(Cc1ccccc1)C(=O)CN(c1ccccc1F)S(=O)(=O)N(C)C. The Kier molecular flexibility index (Phi) is 8.95. The number of nitrogens with zero attached hydrogens (tertiary/aromatic N) is 3. The Morgan fingerprint density at radius 2 is 1.55 bits per heavy atom. The van der Waals surface area contributed by atoms with Crippen molar-refractivity contribution >= 4 is 27.7 Å². The average molecular weight is 479 g/mol. The van der Waals surface area contributed by atoms with Crippen molar-refractivity contribution in [2.24, 2.45) is 0 Å². The van der Waals surface area contributed by atoms with E-state index in [0.717, 1.165) is 20.2 Å². The van der Waals surface area contributed by atoms with Gasteiger partial charge >= 0.3 is 10.2 Å². The highest BCUT2D eigenvalue weighted by Gasteiger charge is 2.33. The lowest BCUT2D eigenvalue weighted by molar-refractivity contribution is -0.139. The first kappa shape index (κ1) is 26.3. The Balaban J connectivity index is 2.45. The number of carbonyl (C=O) groups is 2. The summed E-state index contributed by atoms with van der Waals surface area (Å²) in [7, 11) is -1.60. The minimum Gasteiger partial charge on any atom is -0.352 e. The zero-order valence-corrected chi connectivity index (χ0v) is 20.3. The highest BCUT2D eigenvalue weighted by atomic mass is 32.2. The van der Waals surface area contributed by atoms with Crippen LogP contribution in [-0.4, -0.2) is 62.2 Å². The topological polar surface area (TPSA) is 90.0 Å². The molecule has 10 heteroatoms. The molecular formula is C23H31FN4O4S. The van der Waals surface area contributed by atoms with Gasteiger partial charge in [0.15, 0.2) is 0 Å². The van der Waals surface area contributed by atoms with Crippen LogP contribution in [0.5, 0.6) is 0 Å². The lowest BCUT2D eigenvalue weighted by atomic mass is 10.1. The predicted molar refractivity (Wildman–Crippen MR) is 126 cm³/mol. The summed E-state index contributed by atoms with van der Waals surface area (Å²) in [6, 6.07) is 13.4. The fourth-order valence-electron chi connectivity index (χ4n) is 3.12. The number of anilines is 1. The molecule has 0 spiro atoms. The molecule has 2 aromatic rings. The molecule has 0 heterocycles. The number of amides is 2. The lowest BCUT2D eigenvalue weighted by Gasteiger charge is -2.33. The normalized spacial score (nSPS) is 12.5. The number of carbonyl (C=O) groups excluding carboxylic acids is 2. The highest BCUT2D eigenvalue weighted by molar-refractivity contribution is 7.90. The summed E-state index contributed by atoms with van der Waals surface area (Å²) in [5, 5.41) is 2.77. The molecule has 1 atom stereocenters. The molecule has 33 heavy (non-hydrogen) atoms. The van der Waals surface area contributed by atoms with Gasteiger partial charge in [-0.25, -0.2) is 8.70 Å². The molecular weight excluding hydrogens is 447 g/mol. The first-order chi connectivity index (χ1) is 15.4. The number of benzene rings is 2. The van der Waals surface area contributed by atoms with E-state index >= 15 is 0 Å². The van der Waals surface area contributed by atoms with Crippen LogP contribution in [0, 0.1) is 5.82 Å². The van der Waals surface area contributed by atoms with Crippen LogP contribution in [0.2, 0.25) is 0 Å². The van der Waals surface area contributed by atoms with Crippen LogP contribution in [0.25, 0.3) is 0 Å².